The van der Waals surface area contributed by atoms with Gasteiger partial charge in [-0.1, -0.05) is 32.0 Å². The van der Waals surface area contributed by atoms with Gasteiger partial charge in [0, 0.05) is 30.1 Å². The molecule has 1 aromatic carbocycles. The number of benzene rings is 1. The average molecular weight is 366 g/mol. The van der Waals surface area contributed by atoms with Crippen LogP contribution >= 0.6 is 11.8 Å². The van der Waals surface area contributed by atoms with E-state index in [9.17, 15) is 10.1 Å². The molecule has 0 spiro atoms. The van der Waals surface area contributed by atoms with Crippen LogP contribution in [0.15, 0.2) is 41.4 Å². The number of rotatable bonds is 6. The Morgan fingerprint density at radius 3 is 2.88 bits per heavy atom. The first-order chi connectivity index (χ1) is 12.6. The molecule has 3 rings (SSSR count). The first-order valence-corrected chi connectivity index (χ1v) is 9.98. The summed E-state index contributed by atoms with van der Waals surface area (Å²) in [5.74, 6) is 1.29. The van der Waals surface area contributed by atoms with Crippen molar-refractivity contribution in [2.45, 2.75) is 38.1 Å². The van der Waals surface area contributed by atoms with E-state index in [2.05, 4.69) is 31.0 Å². The van der Waals surface area contributed by atoms with Gasteiger partial charge < -0.3 is 4.90 Å². The zero-order valence-corrected chi connectivity index (χ0v) is 16.1. The molecule has 0 aliphatic carbocycles. The van der Waals surface area contributed by atoms with Gasteiger partial charge in [-0.3, -0.25) is 4.79 Å². The molecule has 0 atom stereocenters. The van der Waals surface area contributed by atoms with Gasteiger partial charge in [0.25, 0.3) is 0 Å². The number of para-hydroxylation sites is 1. The number of anilines is 1. The number of hydrogen-bond acceptors (Lipinski definition) is 4. The summed E-state index contributed by atoms with van der Waals surface area (Å²) in [7, 11) is 0. The van der Waals surface area contributed by atoms with Crippen LogP contribution in [0.3, 0.4) is 0 Å². The lowest BCUT2D eigenvalue weighted by molar-refractivity contribution is -0.118. The van der Waals surface area contributed by atoms with E-state index in [0.29, 0.717) is 23.7 Å². The Hall–Kier alpha value is -2.32. The highest BCUT2D eigenvalue weighted by molar-refractivity contribution is 7.99. The van der Waals surface area contributed by atoms with Gasteiger partial charge in [0.15, 0.2) is 0 Å². The predicted octanol–water partition coefficient (Wildman–Crippen LogP) is 4.22. The number of thioether (sulfide) groups is 1. The van der Waals surface area contributed by atoms with Gasteiger partial charge in [-0.25, -0.2) is 4.98 Å². The van der Waals surface area contributed by atoms with Crippen molar-refractivity contribution in [1.82, 2.24) is 4.98 Å². The summed E-state index contributed by atoms with van der Waals surface area (Å²) in [6, 6.07) is 14.1. The zero-order valence-electron chi connectivity index (χ0n) is 15.2. The summed E-state index contributed by atoms with van der Waals surface area (Å²) in [6.07, 6.45) is 2.26. The van der Waals surface area contributed by atoms with E-state index in [1.165, 1.54) is 17.3 Å². The molecule has 134 valence electrons. The molecular weight excluding hydrogens is 342 g/mol. The van der Waals surface area contributed by atoms with Crippen molar-refractivity contribution in [3.8, 4) is 6.07 Å². The second kappa shape index (κ2) is 8.37. The van der Waals surface area contributed by atoms with Crippen molar-refractivity contribution in [2.75, 3.05) is 17.2 Å². The highest BCUT2D eigenvalue weighted by atomic mass is 32.2. The molecule has 5 heteroatoms. The van der Waals surface area contributed by atoms with E-state index in [-0.39, 0.29) is 5.91 Å². The van der Waals surface area contributed by atoms with Gasteiger partial charge in [-0.15, -0.1) is 11.8 Å². The van der Waals surface area contributed by atoms with E-state index < -0.39 is 0 Å². The fraction of sp³-hybridized carbons (Fsp3) is 0.381. The summed E-state index contributed by atoms with van der Waals surface area (Å²) in [5.41, 5.74) is 3.86. The topological polar surface area (TPSA) is 57.0 Å². The Morgan fingerprint density at radius 1 is 1.31 bits per heavy atom. The lowest BCUT2D eigenvalue weighted by Crippen LogP contribution is -2.29. The first-order valence-electron chi connectivity index (χ1n) is 8.99. The maximum atomic E-state index is 12.6. The highest BCUT2D eigenvalue weighted by Crippen LogP contribution is 2.29. The molecule has 1 aliphatic rings. The number of carbonyl (C=O) groups excluding carboxylic acids is 1. The number of amides is 1. The Kier molecular flexibility index (Phi) is 5.95. The number of nitrogens with zero attached hydrogens (tertiary/aromatic N) is 3. The maximum absolute atomic E-state index is 12.6. The lowest BCUT2D eigenvalue weighted by atomic mass is 10.1. The van der Waals surface area contributed by atoms with E-state index in [4.69, 9.17) is 0 Å². The molecule has 0 fully saturated rings. The van der Waals surface area contributed by atoms with Gasteiger partial charge >= 0.3 is 0 Å². The lowest BCUT2D eigenvalue weighted by Gasteiger charge is -2.17. The third kappa shape index (κ3) is 4.25. The second-order valence-corrected chi connectivity index (χ2v) is 7.97. The SMILES string of the molecule is CC(C)Cc1ccc(C#N)c(SCCC(=O)N2CCc3ccccc32)n1. The quantitative estimate of drug-likeness (QED) is 0.719. The van der Waals surface area contributed by atoms with Crippen LogP contribution in [0.2, 0.25) is 0 Å². The zero-order chi connectivity index (χ0) is 18.5. The van der Waals surface area contributed by atoms with Gasteiger partial charge in [-0.2, -0.15) is 5.26 Å². The molecular formula is C21H23N3OS. The monoisotopic (exact) mass is 365 g/mol. The summed E-state index contributed by atoms with van der Waals surface area (Å²) < 4.78 is 0. The largest absolute Gasteiger partial charge is 0.312 e. The molecule has 0 unspecified atom stereocenters. The molecule has 0 N–H and O–H groups in total. The Morgan fingerprint density at radius 2 is 2.12 bits per heavy atom. The van der Waals surface area contributed by atoms with Gasteiger partial charge in [0.2, 0.25) is 5.91 Å². The molecule has 0 radical (unpaired) electrons. The van der Waals surface area contributed by atoms with Crippen LogP contribution in [0.1, 0.15) is 37.1 Å². The van der Waals surface area contributed by atoms with E-state index in [0.717, 1.165) is 35.8 Å². The fourth-order valence-corrected chi connectivity index (χ4v) is 4.09. The number of carbonyl (C=O) groups is 1. The molecule has 2 heterocycles. The van der Waals surface area contributed by atoms with E-state index in [1.807, 2.05) is 35.2 Å². The molecule has 2 aromatic rings. The highest BCUT2D eigenvalue weighted by Gasteiger charge is 2.23. The molecule has 1 aliphatic heterocycles. The van der Waals surface area contributed by atoms with Crippen LogP contribution in [0.25, 0.3) is 0 Å². The number of aromatic nitrogens is 1. The summed E-state index contributed by atoms with van der Waals surface area (Å²) in [4.78, 5) is 19.1. The summed E-state index contributed by atoms with van der Waals surface area (Å²) in [6.45, 7) is 5.06. The minimum Gasteiger partial charge on any atom is -0.312 e. The molecule has 1 amide bonds. The number of fused-ring (bicyclic) bond motifs is 1. The number of nitriles is 1. The van der Waals surface area contributed by atoms with Crippen molar-refractivity contribution in [3.05, 3.63) is 53.2 Å². The number of pyridine rings is 1. The van der Waals surface area contributed by atoms with Crippen molar-refractivity contribution in [3.63, 3.8) is 0 Å². The van der Waals surface area contributed by atoms with Crippen LogP contribution in [0.4, 0.5) is 5.69 Å². The van der Waals surface area contributed by atoms with Crippen LogP contribution in [-0.2, 0) is 17.6 Å². The van der Waals surface area contributed by atoms with Gasteiger partial charge in [0.05, 0.1) is 5.56 Å². The molecule has 4 nitrogen and oxygen atoms in total. The van der Waals surface area contributed by atoms with Gasteiger partial charge in [-0.05, 0) is 42.5 Å². The molecule has 0 saturated heterocycles. The molecule has 26 heavy (non-hydrogen) atoms. The molecule has 0 saturated carbocycles. The summed E-state index contributed by atoms with van der Waals surface area (Å²) >= 11 is 1.50. The maximum Gasteiger partial charge on any atom is 0.227 e. The van der Waals surface area contributed by atoms with Gasteiger partial charge in [0.1, 0.15) is 11.1 Å². The minimum atomic E-state index is 0.138. The standard InChI is InChI=1S/C21H23N3OS/c1-15(2)13-18-8-7-17(14-22)21(23-18)26-12-10-20(25)24-11-9-16-5-3-4-6-19(16)24/h3-8,15H,9-13H2,1-2H3. The molecule has 1 aromatic heterocycles. The third-order valence-corrected chi connectivity index (χ3v) is 5.39. The van der Waals surface area contributed by atoms with Crippen molar-refractivity contribution in [2.24, 2.45) is 5.92 Å². The molecule has 0 bridgehead atoms. The van der Waals surface area contributed by atoms with Crippen LogP contribution in [0.5, 0.6) is 0 Å². The van der Waals surface area contributed by atoms with Crippen molar-refractivity contribution >= 4 is 23.4 Å². The minimum absolute atomic E-state index is 0.138. The normalized spacial score (nSPS) is 12.9. The fourth-order valence-electron chi connectivity index (χ4n) is 3.17. The van der Waals surface area contributed by atoms with Crippen molar-refractivity contribution in [1.29, 1.82) is 5.26 Å². The Labute approximate surface area is 159 Å². The Bertz CT molecular complexity index is 841. The Balaban J connectivity index is 1.61. The smallest absolute Gasteiger partial charge is 0.227 e. The van der Waals surface area contributed by atoms with E-state index >= 15 is 0 Å². The summed E-state index contributed by atoms with van der Waals surface area (Å²) in [5, 5.41) is 10.0. The third-order valence-electron chi connectivity index (χ3n) is 4.40. The number of hydrogen-bond donors (Lipinski definition) is 0. The average Bonchev–Trinajstić information content (AvgIpc) is 3.05. The predicted molar refractivity (Wildman–Crippen MR) is 105 cm³/mol. The first kappa shape index (κ1) is 18.5. The van der Waals surface area contributed by atoms with E-state index in [1.54, 1.807) is 0 Å². The van der Waals surface area contributed by atoms with Crippen LogP contribution < -0.4 is 4.90 Å². The van der Waals surface area contributed by atoms with Crippen molar-refractivity contribution < 1.29 is 4.79 Å². The van der Waals surface area contributed by atoms with Crippen LogP contribution in [-0.4, -0.2) is 23.2 Å². The second-order valence-electron chi connectivity index (χ2n) is 6.89. The van der Waals surface area contributed by atoms with Crippen LogP contribution in [0, 0.1) is 17.2 Å².